The van der Waals surface area contributed by atoms with Crippen LogP contribution in [-0.4, -0.2) is 96.7 Å². The second-order valence-electron chi connectivity index (χ2n) is 27.4. The van der Waals surface area contributed by atoms with Gasteiger partial charge in [-0.05, 0) is 37.5 Å². The number of phosphoric ester groups is 2. The van der Waals surface area contributed by atoms with E-state index in [1.54, 1.807) is 0 Å². The Balaban J connectivity index is 5.15. The number of aliphatic hydroxyl groups excluding tert-OH is 1. The molecule has 0 aromatic rings. The third-order valence-electron chi connectivity index (χ3n) is 17.6. The van der Waals surface area contributed by atoms with E-state index < -0.39 is 97.5 Å². The van der Waals surface area contributed by atoms with Crippen LogP contribution in [0.3, 0.4) is 0 Å². The number of phosphoric acid groups is 2. The summed E-state index contributed by atoms with van der Waals surface area (Å²) in [5.41, 5.74) is 0. The number of ether oxygens (including phenoxy) is 4. The van der Waals surface area contributed by atoms with Crippen molar-refractivity contribution >= 4 is 39.5 Å². The van der Waals surface area contributed by atoms with E-state index in [1.807, 2.05) is 0 Å². The SMILES string of the molecule is CCCCCCCCCCCCCCCCCCC(=O)OC[C@H](COP(=O)(O)OC[C@@H](O)COP(=O)(O)OC[C@@H](COC(=O)CCCCCCC)OC(=O)CCCCCCCCCCCCC(C)CC)OC(=O)CCCCCCCCCCCCCCCCCC(C)C. The van der Waals surface area contributed by atoms with Gasteiger partial charge >= 0.3 is 39.5 Å². The van der Waals surface area contributed by atoms with Crippen LogP contribution < -0.4 is 0 Å². The topological polar surface area (TPSA) is 237 Å². The van der Waals surface area contributed by atoms with E-state index in [0.717, 1.165) is 108 Å². The molecule has 0 saturated heterocycles. The number of aliphatic hydroxyl groups is 1. The zero-order chi connectivity index (χ0) is 68.6. The molecule has 3 unspecified atom stereocenters. The van der Waals surface area contributed by atoms with Crippen molar-refractivity contribution < 1.29 is 80.2 Å². The number of carbonyl (C=O) groups is 4. The molecular formula is C74H144O17P2. The molecule has 0 aromatic carbocycles. The van der Waals surface area contributed by atoms with E-state index in [0.29, 0.717) is 25.7 Å². The van der Waals surface area contributed by atoms with Crippen molar-refractivity contribution in [1.82, 2.24) is 0 Å². The fraction of sp³-hybridized carbons (Fsp3) is 0.946. The van der Waals surface area contributed by atoms with Crippen LogP contribution in [-0.2, 0) is 65.4 Å². The van der Waals surface area contributed by atoms with Crippen molar-refractivity contribution in [2.75, 3.05) is 39.6 Å². The van der Waals surface area contributed by atoms with Gasteiger partial charge in [-0.3, -0.25) is 37.3 Å². The Hall–Kier alpha value is -1.94. The van der Waals surface area contributed by atoms with Crippen molar-refractivity contribution in [3.63, 3.8) is 0 Å². The van der Waals surface area contributed by atoms with Gasteiger partial charge in [0.2, 0.25) is 0 Å². The van der Waals surface area contributed by atoms with Crippen molar-refractivity contribution in [1.29, 1.82) is 0 Å². The number of hydrogen-bond acceptors (Lipinski definition) is 15. The van der Waals surface area contributed by atoms with Gasteiger partial charge in [0.25, 0.3) is 0 Å². The lowest BCUT2D eigenvalue weighted by molar-refractivity contribution is -0.161. The first kappa shape index (κ1) is 91.1. The van der Waals surface area contributed by atoms with Gasteiger partial charge in [-0.1, -0.05) is 330 Å². The minimum Gasteiger partial charge on any atom is -0.462 e. The molecule has 17 nitrogen and oxygen atoms in total. The van der Waals surface area contributed by atoms with Crippen LogP contribution >= 0.6 is 15.6 Å². The Bertz CT molecular complexity index is 1810. The Morgan fingerprint density at radius 2 is 0.548 bits per heavy atom. The van der Waals surface area contributed by atoms with Crippen LogP contribution in [0.4, 0.5) is 0 Å². The lowest BCUT2D eigenvalue weighted by Crippen LogP contribution is -2.30. The van der Waals surface area contributed by atoms with Crippen LogP contribution in [0.25, 0.3) is 0 Å². The second kappa shape index (κ2) is 66.0. The van der Waals surface area contributed by atoms with Crippen LogP contribution in [0.15, 0.2) is 0 Å². The number of carbonyl (C=O) groups excluding carboxylic acids is 4. The molecule has 0 aliphatic rings. The molecule has 0 aromatic heterocycles. The smallest absolute Gasteiger partial charge is 0.462 e. The minimum atomic E-state index is -4.95. The lowest BCUT2D eigenvalue weighted by Gasteiger charge is -2.21. The Morgan fingerprint density at radius 1 is 0.312 bits per heavy atom. The molecule has 552 valence electrons. The lowest BCUT2D eigenvalue weighted by atomic mass is 9.99. The molecule has 6 atom stereocenters. The molecular weight excluding hydrogens is 1220 g/mol. The molecule has 3 N–H and O–H groups in total. The average Bonchev–Trinajstić information content (AvgIpc) is 2.07. The molecule has 0 rings (SSSR count). The Kier molecular flexibility index (Phi) is 64.6. The largest absolute Gasteiger partial charge is 0.472 e. The highest BCUT2D eigenvalue weighted by Gasteiger charge is 2.30. The average molecular weight is 1370 g/mol. The van der Waals surface area contributed by atoms with E-state index in [-0.39, 0.29) is 25.7 Å². The number of rotatable bonds is 73. The molecule has 0 fully saturated rings. The predicted molar refractivity (Wildman–Crippen MR) is 377 cm³/mol. The second-order valence-corrected chi connectivity index (χ2v) is 30.3. The molecule has 0 aliphatic carbocycles. The Labute approximate surface area is 568 Å². The summed E-state index contributed by atoms with van der Waals surface area (Å²) in [6.45, 7) is 9.55. The summed E-state index contributed by atoms with van der Waals surface area (Å²) < 4.78 is 68.3. The first-order valence-corrected chi connectivity index (χ1v) is 41.5. The highest BCUT2D eigenvalue weighted by atomic mass is 31.2. The zero-order valence-corrected chi connectivity index (χ0v) is 62.3. The summed E-state index contributed by atoms with van der Waals surface area (Å²) >= 11 is 0. The molecule has 0 bridgehead atoms. The van der Waals surface area contributed by atoms with Gasteiger partial charge in [0.1, 0.15) is 19.3 Å². The van der Waals surface area contributed by atoms with E-state index in [1.165, 1.54) is 193 Å². The highest BCUT2D eigenvalue weighted by molar-refractivity contribution is 7.47. The van der Waals surface area contributed by atoms with Gasteiger partial charge in [-0.15, -0.1) is 0 Å². The van der Waals surface area contributed by atoms with Crippen LogP contribution in [0.2, 0.25) is 0 Å². The maximum Gasteiger partial charge on any atom is 0.472 e. The summed E-state index contributed by atoms with van der Waals surface area (Å²) in [5, 5.41) is 10.6. The van der Waals surface area contributed by atoms with Gasteiger partial charge in [0, 0.05) is 25.7 Å². The summed E-state index contributed by atoms with van der Waals surface area (Å²) in [6, 6.07) is 0. The van der Waals surface area contributed by atoms with E-state index in [9.17, 15) is 43.2 Å². The van der Waals surface area contributed by atoms with Crippen LogP contribution in [0.1, 0.15) is 382 Å². The molecule has 19 heteroatoms. The quantitative estimate of drug-likeness (QED) is 0.0222. The van der Waals surface area contributed by atoms with Crippen molar-refractivity contribution in [2.45, 2.75) is 400 Å². The van der Waals surface area contributed by atoms with Gasteiger partial charge in [0.05, 0.1) is 26.4 Å². The molecule has 0 spiro atoms. The summed E-state index contributed by atoms with van der Waals surface area (Å²) in [7, 11) is -9.90. The van der Waals surface area contributed by atoms with Crippen molar-refractivity contribution in [3.05, 3.63) is 0 Å². The normalized spacial score (nSPS) is 14.3. The zero-order valence-electron chi connectivity index (χ0n) is 60.6. The van der Waals surface area contributed by atoms with Gasteiger partial charge in [-0.2, -0.15) is 0 Å². The van der Waals surface area contributed by atoms with Crippen molar-refractivity contribution in [3.8, 4) is 0 Å². The highest BCUT2D eigenvalue weighted by Crippen LogP contribution is 2.45. The monoisotopic (exact) mass is 1370 g/mol. The molecule has 0 radical (unpaired) electrons. The van der Waals surface area contributed by atoms with Gasteiger partial charge in [0.15, 0.2) is 12.2 Å². The van der Waals surface area contributed by atoms with Crippen LogP contribution in [0.5, 0.6) is 0 Å². The number of esters is 4. The van der Waals surface area contributed by atoms with E-state index >= 15 is 0 Å². The predicted octanol–water partition coefficient (Wildman–Crippen LogP) is 21.6. The van der Waals surface area contributed by atoms with Gasteiger partial charge < -0.3 is 33.8 Å². The summed E-state index contributed by atoms with van der Waals surface area (Å²) in [5.74, 6) is -0.523. The third kappa shape index (κ3) is 67.0. The maximum absolute atomic E-state index is 13.1. The summed E-state index contributed by atoms with van der Waals surface area (Å²) in [4.78, 5) is 72.5. The molecule has 0 saturated carbocycles. The third-order valence-corrected chi connectivity index (χ3v) is 19.5. The van der Waals surface area contributed by atoms with Gasteiger partial charge in [-0.25, -0.2) is 9.13 Å². The minimum absolute atomic E-state index is 0.105. The maximum atomic E-state index is 13.1. The number of hydrogen-bond donors (Lipinski definition) is 3. The van der Waals surface area contributed by atoms with Crippen LogP contribution in [0, 0.1) is 11.8 Å². The molecule has 0 amide bonds. The fourth-order valence-electron chi connectivity index (χ4n) is 11.3. The molecule has 93 heavy (non-hydrogen) atoms. The summed E-state index contributed by atoms with van der Waals surface area (Å²) in [6.07, 6.45) is 53.0. The molecule has 0 heterocycles. The standard InChI is InChI=1S/C74H144O17P2/c1-7-10-12-14-15-16-17-18-19-22-25-28-34-39-45-51-57-72(77)85-63-70(91-74(79)58-52-46-40-35-29-26-23-20-21-24-27-32-37-43-48-54-66(4)5)65-89-93(82,83)87-61-68(75)60-86-92(80,81)88-64-69(62-84-71(76)56-50-42-13-11-8-2)90-73(78)59-53-47-41-36-31-30-33-38-44-49-55-67(6)9-3/h66-70,75H,7-65H2,1-6H3,(H,80,81)(H,82,83)/t67?,68-,69+,70+/m0/s1. The first-order chi connectivity index (χ1) is 44.9. The molecule has 0 aliphatic heterocycles. The number of unbranched alkanes of at least 4 members (excludes halogenated alkanes) is 42. The van der Waals surface area contributed by atoms with Crippen molar-refractivity contribution in [2.24, 2.45) is 11.8 Å². The fourth-order valence-corrected chi connectivity index (χ4v) is 12.8. The first-order valence-electron chi connectivity index (χ1n) is 38.5. The Morgan fingerprint density at radius 3 is 0.817 bits per heavy atom. The van der Waals surface area contributed by atoms with E-state index in [4.69, 9.17) is 37.0 Å². The van der Waals surface area contributed by atoms with E-state index in [2.05, 4.69) is 41.5 Å².